The summed E-state index contributed by atoms with van der Waals surface area (Å²) in [4.78, 5) is 41.2. The number of carbonyl (C=O) groups is 3. The Morgan fingerprint density at radius 3 is 2.46 bits per heavy atom. The van der Waals surface area contributed by atoms with Gasteiger partial charge in [-0.1, -0.05) is 44.2 Å². The maximum Gasteiger partial charge on any atom is 0.273 e. The van der Waals surface area contributed by atoms with Crippen molar-refractivity contribution in [3.05, 3.63) is 65.6 Å². The number of hydrogen-bond donors (Lipinski definition) is 2. The number of fused-ring (bicyclic) bond motifs is 3. The van der Waals surface area contributed by atoms with E-state index in [-0.39, 0.29) is 36.6 Å². The van der Waals surface area contributed by atoms with E-state index in [1.807, 2.05) is 28.8 Å². The van der Waals surface area contributed by atoms with E-state index in [9.17, 15) is 18.8 Å². The summed E-state index contributed by atoms with van der Waals surface area (Å²) >= 11 is 0. The van der Waals surface area contributed by atoms with Crippen LogP contribution >= 0.6 is 0 Å². The van der Waals surface area contributed by atoms with Gasteiger partial charge in [-0.2, -0.15) is 0 Å². The molecule has 1 atom stereocenters. The Labute approximate surface area is 204 Å². The van der Waals surface area contributed by atoms with E-state index >= 15 is 0 Å². The van der Waals surface area contributed by atoms with Crippen LogP contribution in [-0.2, 0) is 22.7 Å². The number of anilines is 1. The first-order valence-corrected chi connectivity index (χ1v) is 11.9. The van der Waals surface area contributed by atoms with Crippen molar-refractivity contribution >= 4 is 34.3 Å². The lowest BCUT2D eigenvalue weighted by atomic mass is 9.93. The highest BCUT2D eigenvalue weighted by Crippen LogP contribution is 2.39. The van der Waals surface area contributed by atoms with Crippen LogP contribution in [0.25, 0.3) is 10.9 Å². The Morgan fingerprint density at radius 1 is 1.11 bits per heavy atom. The molecule has 184 valence electrons. The average molecular weight is 479 g/mol. The number of para-hydroxylation sites is 1. The zero-order valence-corrected chi connectivity index (χ0v) is 20.5. The van der Waals surface area contributed by atoms with Crippen LogP contribution in [0.5, 0.6) is 0 Å². The Hall–Kier alpha value is -3.68. The molecule has 0 spiro atoms. The third-order valence-electron chi connectivity index (χ3n) is 6.53. The van der Waals surface area contributed by atoms with Gasteiger partial charge in [0.1, 0.15) is 17.1 Å². The summed E-state index contributed by atoms with van der Waals surface area (Å²) in [5.74, 6) is -0.866. The summed E-state index contributed by atoms with van der Waals surface area (Å²) in [6, 6.07) is 13.3. The normalized spacial score (nSPS) is 17.5. The summed E-state index contributed by atoms with van der Waals surface area (Å²) in [6.07, 6.45) is 0.818. The molecular weight excluding hydrogens is 447 g/mol. The number of nitrogens with one attached hydrogen (secondary N) is 2. The smallest absolute Gasteiger partial charge is 0.273 e. The van der Waals surface area contributed by atoms with E-state index in [0.29, 0.717) is 29.4 Å². The number of nitrogens with zero attached hydrogens (tertiary/aromatic N) is 2. The summed E-state index contributed by atoms with van der Waals surface area (Å²) in [6.45, 7) is 8.16. The van der Waals surface area contributed by atoms with Crippen LogP contribution in [0.1, 0.15) is 50.2 Å². The minimum absolute atomic E-state index is 0.119. The molecule has 0 bridgehead atoms. The highest BCUT2D eigenvalue weighted by Gasteiger charge is 2.48. The van der Waals surface area contributed by atoms with Crippen LogP contribution in [0.4, 0.5) is 10.1 Å². The lowest BCUT2D eigenvalue weighted by Crippen LogP contribution is -2.63. The van der Waals surface area contributed by atoms with E-state index in [4.69, 9.17) is 0 Å². The molecule has 0 saturated heterocycles. The number of rotatable bonds is 7. The summed E-state index contributed by atoms with van der Waals surface area (Å²) in [7, 11) is 0. The van der Waals surface area contributed by atoms with Gasteiger partial charge in [0.05, 0.1) is 17.7 Å². The molecule has 2 aromatic carbocycles. The van der Waals surface area contributed by atoms with E-state index in [1.54, 1.807) is 19.1 Å². The first-order chi connectivity index (χ1) is 16.6. The van der Waals surface area contributed by atoms with E-state index in [1.165, 1.54) is 24.0 Å². The predicted octanol–water partition coefficient (Wildman–Crippen LogP) is 4.32. The van der Waals surface area contributed by atoms with Crippen LogP contribution in [0, 0.1) is 11.7 Å². The molecule has 1 aromatic heterocycles. The number of halogens is 1. The van der Waals surface area contributed by atoms with Crippen LogP contribution in [0.15, 0.2) is 48.5 Å². The Kier molecular flexibility index (Phi) is 6.65. The fourth-order valence-corrected chi connectivity index (χ4v) is 4.62. The predicted molar refractivity (Wildman–Crippen MR) is 133 cm³/mol. The van der Waals surface area contributed by atoms with E-state index in [2.05, 4.69) is 24.5 Å². The summed E-state index contributed by atoms with van der Waals surface area (Å²) in [5, 5.41) is 6.57. The summed E-state index contributed by atoms with van der Waals surface area (Å²) < 4.78 is 15.4. The van der Waals surface area contributed by atoms with Gasteiger partial charge < -0.3 is 20.1 Å². The van der Waals surface area contributed by atoms with Crippen molar-refractivity contribution in [2.75, 3.05) is 11.9 Å². The maximum atomic E-state index is 14.1. The lowest BCUT2D eigenvalue weighted by molar-refractivity contribution is -0.133. The molecule has 1 unspecified atom stereocenters. The van der Waals surface area contributed by atoms with Crippen LogP contribution < -0.4 is 10.6 Å². The standard InChI is InChI=1S/C27H31FN4O3/c1-17(2)13-14-29-26(35)27(4)16-31-22-8-6-5-7-21(22)23(30-18(3)33)24(31)25(34)32(27)15-19-9-11-20(28)12-10-19/h5-12,17H,13-16H2,1-4H3,(H,29,35)(H,30,33). The SMILES string of the molecule is CC(=O)Nc1c2n(c3ccccc13)CC(C)(C(=O)NCCC(C)C)N(Cc1ccc(F)cc1)C2=O. The second-order valence-electron chi connectivity index (χ2n) is 9.74. The molecule has 2 heterocycles. The first-order valence-electron chi connectivity index (χ1n) is 11.9. The third kappa shape index (κ3) is 4.65. The Bertz CT molecular complexity index is 1280. The molecule has 2 N–H and O–H groups in total. The number of aromatic nitrogens is 1. The van der Waals surface area contributed by atoms with Crippen molar-refractivity contribution in [3.8, 4) is 0 Å². The van der Waals surface area contributed by atoms with E-state index < -0.39 is 5.54 Å². The molecule has 0 radical (unpaired) electrons. The molecule has 35 heavy (non-hydrogen) atoms. The number of carbonyl (C=O) groups excluding carboxylic acids is 3. The molecule has 3 amide bonds. The quantitative estimate of drug-likeness (QED) is 0.531. The molecule has 3 aromatic rings. The average Bonchev–Trinajstić information content (AvgIpc) is 3.10. The topological polar surface area (TPSA) is 83.4 Å². The molecule has 4 rings (SSSR count). The van der Waals surface area contributed by atoms with Crippen molar-refractivity contribution in [2.24, 2.45) is 5.92 Å². The second-order valence-corrected chi connectivity index (χ2v) is 9.74. The molecule has 0 aliphatic carbocycles. The monoisotopic (exact) mass is 478 g/mol. The van der Waals surface area contributed by atoms with Gasteiger partial charge in [0.2, 0.25) is 11.8 Å². The molecular formula is C27H31FN4O3. The Morgan fingerprint density at radius 2 is 1.80 bits per heavy atom. The van der Waals surface area contributed by atoms with Gasteiger partial charge in [-0.3, -0.25) is 14.4 Å². The van der Waals surface area contributed by atoms with Crippen LogP contribution in [0.2, 0.25) is 0 Å². The fourth-order valence-electron chi connectivity index (χ4n) is 4.62. The van der Waals surface area contributed by atoms with Crippen molar-refractivity contribution in [1.82, 2.24) is 14.8 Å². The zero-order valence-electron chi connectivity index (χ0n) is 20.5. The van der Waals surface area contributed by atoms with Gasteiger partial charge in [0, 0.05) is 25.4 Å². The molecule has 0 saturated carbocycles. The summed E-state index contributed by atoms with van der Waals surface area (Å²) in [5.41, 5.74) is 1.03. The van der Waals surface area contributed by atoms with Crippen molar-refractivity contribution in [1.29, 1.82) is 0 Å². The second kappa shape index (κ2) is 9.52. The first kappa shape index (κ1) is 24.4. The lowest BCUT2D eigenvalue weighted by Gasteiger charge is -2.44. The minimum atomic E-state index is -1.20. The van der Waals surface area contributed by atoms with Gasteiger partial charge in [-0.25, -0.2) is 4.39 Å². The minimum Gasteiger partial charge on any atom is -0.354 e. The highest BCUT2D eigenvalue weighted by molar-refractivity contribution is 6.14. The van der Waals surface area contributed by atoms with Crippen LogP contribution in [-0.4, -0.2) is 39.3 Å². The van der Waals surface area contributed by atoms with Gasteiger partial charge in [-0.05, 0) is 43.0 Å². The number of hydrogen-bond acceptors (Lipinski definition) is 3. The van der Waals surface area contributed by atoms with Gasteiger partial charge in [-0.15, -0.1) is 0 Å². The Balaban J connectivity index is 1.83. The molecule has 8 heteroatoms. The third-order valence-corrected chi connectivity index (χ3v) is 6.53. The fraction of sp³-hybridized carbons (Fsp3) is 0.370. The van der Waals surface area contributed by atoms with Gasteiger partial charge in [0.15, 0.2) is 0 Å². The zero-order chi connectivity index (χ0) is 25.3. The van der Waals surface area contributed by atoms with Crippen LogP contribution in [0.3, 0.4) is 0 Å². The van der Waals surface area contributed by atoms with Crippen molar-refractivity contribution in [3.63, 3.8) is 0 Å². The molecule has 1 aliphatic rings. The molecule has 0 fully saturated rings. The number of benzene rings is 2. The van der Waals surface area contributed by atoms with Gasteiger partial charge in [0.25, 0.3) is 5.91 Å². The van der Waals surface area contributed by atoms with Gasteiger partial charge >= 0.3 is 0 Å². The molecule has 7 nitrogen and oxygen atoms in total. The maximum absolute atomic E-state index is 14.1. The highest BCUT2D eigenvalue weighted by atomic mass is 19.1. The largest absolute Gasteiger partial charge is 0.354 e. The number of amides is 3. The molecule has 1 aliphatic heterocycles. The van der Waals surface area contributed by atoms with Crippen molar-refractivity contribution < 1.29 is 18.8 Å². The van der Waals surface area contributed by atoms with Crippen molar-refractivity contribution in [2.45, 2.75) is 52.7 Å². The van der Waals surface area contributed by atoms with E-state index in [0.717, 1.165) is 17.3 Å².